The van der Waals surface area contributed by atoms with Gasteiger partial charge in [0.25, 0.3) is 5.91 Å². The summed E-state index contributed by atoms with van der Waals surface area (Å²) in [6, 6.07) is 7.88. The number of nitrogens with one attached hydrogen (secondary N) is 1. The number of piperidine rings is 1. The quantitative estimate of drug-likeness (QED) is 0.852. The summed E-state index contributed by atoms with van der Waals surface area (Å²) in [5.41, 5.74) is 4.33. The van der Waals surface area contributed by atoms with Gasteiger partial charge in [0.2, 0.25) is 5.95 Å². The topological polar surface area (TPSA) is 58.1 Å². The first-order valence-electron chi connectivity index (χ1n) is 9.86. The summed E-state index contributed by atoms with van der Waals surface area (Å²) in [6.07, 6.45) is 2.28. The van der Waals surface area contributed by atoms with Crippen LogP contribution in [0, 0.1) is 19.8 Å². The smallest absolute Gasteiger partial charge is 0.274 e. The SMILES string of the molecule is Cc1cc(C(=O)Nc2c(C)cccc2C(C)C)nc(N2CCC(C)CC2)n1. The Balaban J connectivity index is 1.86. The standard InChI is InChI=1S/C22H30N4O/c1-14(2)18-8-6-7-16(4)20(18)25-21(27)19-13-17(5)23-22(24-19)26-11-9-15(3)10-12-26/h6-8,13-15H,9-12H2,1-5H3,(H,25,27). The Bertz CT molecular complexity index is 823. The molecule has 5 nitrogen and oxygen atoms in total. The van der Waals surface area contributed by atoms with Crippen molar-refractivity contribution in [3.8, 4) is 0 Å². The number of rotatable bonds is 4. The zero-order valence-corrected chi connectivity index (χ0v) is 17.0. The molecule has 5 heteroatoms. The van der Waals surface area contributed by atoms with E-state index >= 15 is 0 Å². The average molecular weight is 367 g/mol. The fraction of sp³-hybridized carbons (Fsp3) is 0.500. The highest BCUT2D eigenvalue weighted by Crippen LogP contribution is 2.28. The lowest BCUT2D eigenvalue weighted by atomic mass is 9.98. The van der Waals surface area contributed by atoms with Gasteiger partial charge in [0.1, 0.15) is 5.69 Å². The molecule has 1 N–H and O–H groups in total. The molecule has 1 aromatic carbocycles. The van der Waals surface area contributed by atoms with E-state index < -0.39 is 0 Å². The third kappa shape index (κ3) is 4.46. The molecule has 0 unspecified atom stereocenters. The summed E-state index contributed by atoms with van der Waals surface area (Å²) in [5, 5.41) is 3.09. The van der Waals surface area contributed by atoms with Crippen LogP contribution >= 0.6 is 0 Å². The second-order valence-electron chi connectivity index (χ2n) is 8.01. The molecule has 1 aromatic heterocycles. The predicted octanol–water partition coefficient (Wildman–Crippen LogP) is 4.71. The van der Waals surface area contributed by atoms with Gasteiger partial charge in [-0.15, -0.1) is 0 Å². The van der Waals surface area contributed by atoms with Crippen molar-refractivity contribution in [2.75, 3.05) is 23.3 Å². The van der Waals surface area contributed by atoms with Crippen molar-refractivity contribution in [1.29, 1.82) is 0 Å². The van der Waals surface area contributed by atoms with Crippen LogP contribution in [-0.4, -0.2) is 29.0 Å². The number of carbonyl (C=O) groups is 1. The maximum Gasteiger partial charge on any atom is 0.274 e. The van der Waals surface area contributed by atoms with Crippen LogP contribution in [0.25, 0.3) is 0 Å². The molecule has 144 valence electrons. The van der Waals surface area contributed by atoms with Gasteiger partial charge in [0.15, 0.2) is 0 Å². The van der Waals surface area contributed by atoms with Crippen LogP contribution in [0.1, 0.15) is 66.8 Å². The number of aryl methyl sites for hydroxylation is 2. The van der Waals surface area contributed by atoms with E-state index in [4.69, 9.17) is 0 Å². The van der Waals surface area contributed by atoms with Crippen LogP contribution in [-0.2, 0) is 0 Å². The Morgan fingerprint density at radius 3 is 2.56 bits per heavy atom. The Morgan fingerprint density at radius 2 is 1.89 bits per heavy atom. The number of anilines is 2. The van der Waals surface area contributed by atoms with E-state index in [1.165, 1.54) is 0 Å². The van der Waals surface area contributed by atoms with E-state index in [1.54, 1.807) is 6.07 Å². The number of amides is 1. The Morgan fingerprint density at radius 1 is 1.19 bits per heavy atom. The summed E-state index contributed by atoms with van der Waals surface area (Å²) in [6.45, 7) is 12.4. The molecule has 2 heterocycles. The highest BCUT2D eigenvalue weighted by molar-refractivity contribution is 6.04. The van der Waals surface area contributed by atoms with Gasteiger partial charge in [-0.2, -0.15) is 0 Å². The molecule has 0 spiro atoms. The number of hydrogen-bond acceptors (Lipinski definition) is 4. The van der Waals surface area contributed by atoms with Crippen molar-refractivity contribution in [2.45, 2.75) is 53.4 Å². The average Bonchev–Trinajstić information content (AvgIpc) is 2.63. The van der Waals surface area contributed by atoms with E-state index in [1.807, 2.05) is 26.0 Å². The maximum atomic E-state index is 13.0. The number of carbonyl (C=O) groups excluding carboxylic acids is 1. The lowest BCUT2D eigenvalue weighted by Crippen LogP contribution is -2.34. The monoisotopic (exact) mass is 366 g/mol. The minimum absolute atomic E-state index is 0.177. The third-order valence-electron chi connectivity index (χ3n) is 5.31. The number of hydrogen-bond donors (Lipinski definition) is 1. The van der Waals surface area contributed by atoms with E-state index in [0.717, 1.165) is 54.4 Å². The van der Waals surface area contributed by atoms with Crippen molar-refractivity contribution in [2.24, 2.45) is 5.92 Å². The van der Waals surface area contributed by atoms with Crippen LogP contribution in [0.4, 0.5) is 11.6 Å². The second kappa shape index (κ2) is 8.07. The molecule has 0 radical (unpaired) electrons. The highest BCUT2D eigenvalue weighted by Gasteiger charge is 2.21. The molecule has 27 heavy (non-hydrogen) atoms. The first kappa shape index (κ1) is 19.3. The lowest BCUT2D eigenvalue weighted by molar-refractivity contribution is 0.102. The van der Waals surface area contributed by atoms with Gasteiger partial charge in [0, 0.05) is 24.5 Å². The van der Waals surface area contributed by atoms with E-state index in [9.17, 15) is 4.79 Å². The van der Waals surface area contributed by atoms with Gasteiger partial charge in [-0.05, 0) is 55.7 Å². The van der Waals surface area contributed by atoms with Crippen molar-refractivity contribution in [1.82, 2.24) is 9.97 Å². The molecular formula is C22H30N4O. The maximum absolute atomic E-state index is 13.0. The molecule has 1 aliphatic heterocycles. The van der Waals surface area contributed by atoms with Crippen molar-refractivity contribution in [3.05, 3.63) is 46.8 Å². The molecule has 3 rings (SSSR count). The van der Waals surface area contributed by atoms with Crippen LogP contribution in [0.15, 0.2) is 24.3 Å². The first-order valence-corrected chi connectivity index (χ1v) is 9.86. The molecule has 2 aromatic rings. The van der Waals surface area contributed by atoms with Crippen LogP contribution < -0.4 is 10.2 Å². The van der Waals surface area contributed by atoms with Gasteiger partial charge in [-0.1, -0.05) is 39.0 Å². The molecule has 0 aliphatic carbocycles. The Labute approximate surface area is 162 Å². The summed E-state index contributed by atoms with van der Waals surface area (Å²) in [5.74, 6) is 1.56. The van der Waals surface area contributed by atoms with E-state index in [0.29, 0.717) is 17.6 Å². The second-order valence-corrected chi connectivity index (χ2v) is 8.01. The van der Waals surface area contributed by atoms with Crippen molar-refractivity contribution >= 4 is 17.5 Å². The summed E-state index contributed by atoms with van der Waals surface area (Å²) in [7, 11) is 0. The molecule has 1 aliphatic rings. The summed E-state index contributed by atoms with van der Waals surface area (Å²) < 4.78 is 0. The Hall–Kier alpha value is -2.43. The van der Waals surface area contributed by atoms with Gasteiger partial charge in [0.05, 0.1) is 0 Å². The van der Waals surface area contributed by atoms with Crippen molar-refractivity contribution in [3.63, 3.8) is 0 Å². The van der Waals surface area contributed by atoms with Gasteiger partial charge < -0.3 is 10.2 Å². The molecule has 0 saturated carbocycles. The number of para-hydroxylation sites is 1. The number of nitrogens with zero attached hydrogens (tertiary/aromatic N) is 3. The van der Waals surface area contributed by atoms with Crippen LogP contribution in [0.5, 0.6) is 0 Å². The minimum Gasteiger partial charge on any atom is -0.341 e. The number of aromatic nitrogens is 2. The van der Waals surface area contributed by atoms with Crippen LogP contribution in [0.3, 0.4) is 0 Å². The third-order valence-corrected chi connectivity index (χ3v) is 5.31. The van der Waals surface area contributed by atoms with Crippen LogP contribution in [0.2, 0.25) is 0 Å². The largest absolute Gasteiger partial charge is 0.341 e. The highest BCUT2D eigenvalue weighted by atomic mass is 16.1. The van der Waals surface area contributed by atoms with E-state index in [2.05, 4.69) is 47.0 Å². The molecular weight excluding hydrogens is 336 g/mol. The van der Waals surface area contributed by atoms with E-state index in [-0.39, 0.29) is 5.91 Å². The molecule has 1 fully saturated rings. The van der Waals surface area contributed by atoms with Gasteiger partial charge in [-0.3, -0.25) is 4.79 Å². The molecule has 0 bridgehead atoms. The normalized spacial score (nSPS) is 15.3. The Kier molecular flexibility index (Phi) is 5.78. The first-order chi connectivity index (χ1) is 12.8. The summed E-state index contributed by atoms with van der Waals surface area (Å²) >= 11 is 0. The molecule has 1 saturated heterocycles. The lowest BCUT2D eigenvalue weighted by Gasteiger charge is -2.30. The molecule has 0 atom stereocenters. The van der Waals surface area contributed by atoms with Gasteiger partial charge >= 0.3 is 0 Å². The fourth-order valence-electron chi connectivity index (χ4n) is 3.54. The van der Waals surface area contributed by atoms with Crippen molar-refractivity contribution < 1.29 is 4.79 Å². The van der Waals surface area contributed by atoms with Gasteiger partial charge in [-0.25, -0.2) is 9.97 Å². The fourth-order valence-corrected chi connectivity index (χ4v) is 3.54. The zero-order chi connectivity index (χ0) is 19.6. The minimum atomic E-state index is -0.177. The summed E-state index contributed by atoms with van der Waals surface area (Å²) in [4.78, 5) is 24.3. The predicted molar refractivity (Wildman–Crippen MR) is 111 cm³/mol. The number of benzene rings is 1. The molecule has 1 amide bonds. The zero-order valence-electron chi connectivity index (χ0n) is 17.0.